The fourth-order valence-electron chi connectivity index (χ4n) is 3.50. The van der Waals surface area contributed by atoms with Gasteiger partial charge in [-0.3, -0.25) is 9.48 Å². The minimum atomic E-state index is -3.81. The maximum Gasteiger partial charge on any atom is 0.261 e. The van der Waals surface area contributed by atoms with Gasteiger partial charge in [-0.2, -0.15) is 5.10 Å². The minimum Gasteiger partial charge on any atom is -0.338 e. The molecule has 1 aromatic carbocycles. The lowest BCUT2D eigenvalue weighted by Crippen LogP contribution is -2.12. The number of sulfonamides is 1. The van der Waals surface area contributed by atoms with Gasteiger partial charge in [0.15, 0.2) is 5.82 Å². The van der Waals surface area contributed by atoms with Gasteiger partial charge in [0.25, 0.3) is 5.56 Å². The number of H-pyrrole nitrogens is 1. The van der Waals surface area contributed by atoms with Crippen molar-refractivity contribution in [3.05, 3.63) is 46.9 Å². The fraction of sp³-hybridized carbons (Fsp3) is 0.294. The SMILES string of the molecule is NS(=O)(=O)c1cccc(Nc2nn(C3CCCC3)c3cc[nH]c(=O)c23)c1. The Morgan fingerprint density at radius 3 is 2.73 bits per heavy atom. The van der Waals surface area contributed by atoms with E-state index in [9.17, 15) is 13.2 Å². The van der Waals surface area contributed by atoms with Gasteiger partial charge in [-0.25, -0.2) is 13.6 Å². The van der Waals surface area contributed by atoms with E-state index in [1.807, 2.05) is 10.7 Å². The highest BCUT2D eigenvalue weighted by Gasteiger charge is 2.23. The molecule has 0 amide bonds. The largest absolute Gasteiger partial charge is 0.338 e. The second-order valence-corrected chi connectivity index (χ2v) is 8.06. The van der Waals surface area contributed by atoms with Gasteiger partial charge in [0.1, 0.15) is 5.39 Å². The predicted molar refractivity (Wildman–Crippen MR) is 99.0 cm³/mol. The Bertz CT molecular complexity index is 1130. The summed E-state index contributed by atoms with van der Waals surface area (Å²) in [6, 6.07) is 8.24. The van der Waals surface area contributed by atoms with Crippen LogP contribution in [-0.4, -0.2) is 23.2 Å². The highest BCUT2D eigenvalue weighted by atomic mass is 32.2. The van der Waals surface area contributed by atoms with Crippen molar-refractivity contribution in [2.45, 2.75) is 36.6 Å². The van der Waals surface area contributed by atoms with Crippen molar-refractivity contribution < 1.29 is 8.42 Å². The van der Waals surface area contributed by atoms with E-state index in [0.29, 0.717) is 16.9 Å². The van der Waals surface area contributed by atoms with E-state index in [0.717, 1.165) is 31.2 Å². The number of primary sulfonamides is 1. The highest BCUT2D eigenvalue weighted by molar-refractivity contribution is 7.89. The Labute approximate surface area is 150 Å². The normalized spacial score (nSPS) is 15.6. The third kappa shape index (κ3) is 2.99. The average molecular weight is 373 g/mol. The monoisotopic (exact) mass is 373 g/mol. The number of nitrogens with zero attached hydrogens (tertiary/aromatic N) is 2. The third-order valence-corrected chi connectivity index (χ3v) is 5.64. The molecule has 0 radical (unpaired) electrons. The Morgan fingerprint density at radius 2 is 2.00 bits per heavy atom. The first-order valence-corrected chi connectivity index (χ1v) is 9.98. The number of aromatic nitrogens is 3. The third-order valence-electron chi connectivity index (χ3n) is 4.73. The van der Waals surface area contributed by atoms with Crippen molar-refractivity contribution >= 4 is 32.4 Å². The number of hydrogen-bond donors (Lipinski definition) is 3. The molecule has 0 bridgehead atoms. The first kappa shape index (κ1) is 16.8. The van der Waals surface area contributed by atoms with E-state index in [1.165, 1.54) is 12.1 Å². The quantitative estimate of drug-likeness (QED) is 0.647. The second-order valence-electron chi connectivity index (χ2n) is 6.50. The van der Waals surface area contributed by atoms with Gasteiger partial charge in [-0.15, -0.1) is 0 Å². The molecule has 0 saturated heterocycles. The number of nitrogens with one attached hydrogen (secondary N) is 2. The summed E-state index contributed by atoms with van der Waals surface area (Å²) in [7, 11) is -3.81. The summed E-state index contributed by atoms with van der Waals surface area (Å²) in [5, 5.41) is 13.3. The molecule has 2 aromatic heterocycles. The number of anilines is 2. The van der Waals surface area contributed by atoms with E-state index in [-0.39, 0.29) is 16.5 Å². The van der Waals surface area contributed by atoms with Gasteiger partial charge < -0.3 is 10.3 Å². The molecule has 4 N–H and O–H groups in total. The fourth-order valence-corrected chi connectivity index (χ4v) is 4.06. The molecule has 1 fully saturated rings. The van der Waals surface area contributed by atoms with Gasteiger partial charge in [-0.1, -0.05) is 18.9 Å². The molecule has 1 aliphatic carbocycles. The number of fused-ring (bicyclic) bond motifs is 1. The van der Waals surface area contributed by atoms with E-state index in [4.69, 9.17) is 5.14 Å². The van der Waals surface area contributed by atoms with Crippen LogP contribution in [0.15, 0.2) is 46.2 Å². The molecule has 1 aliphatic rings. The number of benzene rings is 1. The minimum absolute atomic E-state index is 0.00376. The second kappa shape index (κ2) is 6.26. The molecule has 0 spiro atoms. The zero-order valence-electron chi connectivity index (χ0n) is 14.0. The van der Waals surface area contributed by atoms with Crippen LogP contribution in [0.5, 0.6) is 0 Å². The predicted octanol–water partition coefficient (Wildman–Crippen LogP) is 2.23. The number of pyridine rings is 1. The lowest BCUT2D eigenvalue weighted by atomic mass is 10.2. The molecule has 136 valence electrons. The first-order chi connectivity index (χ1) is 12.4. The summed E-state index contributed by atoms with van der Waals surface area (Å²) in [6.45, 7) is 0. The van der Waals surface area contributed by atoms with Crippen molar-refractivity contribution in [1.82, 2.24) is 14.8 Å². The van der Waals surface area contributed by atoms with Crippen LogP contribution in [0.4, 0.5) is 11.5 Å². The van der Waals surface area contributed by atoms with Crippen LogP contribution in [-0.2, 0) is 10.0 Å². The molecular formula is C17H19N5O3S. The topological polar surface area (TPSA) is 123 Å². The Hall–Kier alpha value is -2.65. The zero-order valence-corrected chi connectivity index (χ0v) is 14.8. The van der Waals surface area contributed by atoms with Gasteiger partial charge in [0.2, 0.25) is 10.0 Å². The molecule has 0 unspecified atom stereocenters. The van der Waals surface area contributed by atoms with E-state index >= 15 is 0 Å². The lowest BCUT2D eigenvalue weighted by Gasteiger charge is -2.10. The van der Waals surface area contributed by atoms with Crippen LogP contribution >= 0.6 is 0 Å². The number of rotatable bonds is 4. The van der Waals surface area contributed by atoms with Crippen molar-refractivity contribution in [2.75, 3.05) is 5.32 Å². The van der Waals surface area contributed by atoms with E-state index < -0.39 is 10.0 Å². The molecule has 26 heavy (non-hydrogen) atoms. The van der Waals surface area contributed by atoms with Crippen molar-refractivity contribution in [3.8, 4) is 0 Å². The molecule has 8 nitrogen and oxygen atoms in total. The standard InChI is InChI=1S/C17H19N5O3S/c18-26(24,25)13-7-3-4-11(10-13)20-16-15-14(8-9-19-17(15)23)22(21-16)12-5-1-2-6-12/h3-4,7-10,12H,1-2,5-6H2,(H,19,23)(H,20,21)(H2,18,24,25). The molecule has 3 aromatic rings. The molecule has 9 heteroatoms. The molecular weight excluding hydrogens is 354 g/mol. The summed E-state index contributed by atoms with van der Waals surface area (Å²) in [5.74, 6) is 0.403. The van der Waals surface area contributed by atoms with Gasteiger partial charge >= 0.3 is 0 Å². The van der Waals surface area contributed by atoms with Crippen LogP contribution in [0.3, 0.4) is 0 Å². The Morgan fingerprint density at radius 1 is 1.23 bits per heavy atom. The summed E-state index contributed by atoms with van der Waals surface area (Å²) >= 11 is 0. The summed E-state index contributed by atoms with van der Waals surface area (Å²) < 4.78 is 25.0. The van der Waals surface area contributed by atoms with Gasteiger partial charge in [-0.05, 0) is 37.1 Å². The van der Waals surface area contributed by atoms with E-state index in [2.05, 4.69) is 15.4 Å². The molecule has 0 atom stereocenters. The smallest absolute Gasteiger partial charge is 0.261 e. The van der Waals surface area contributed by atoms with Crippen LogP contribution in [0.2, 0.25) is 0 Å². The van der Waals surface area contributed by atoms with Gasteiger partial charge in [0.05, 0.1) is 16.5 Å². The van der Waals surface area contributed by atoms with Gasteiger partial charge in [0, 0.05) is 11.9 Å². The summed E-state index contributed by atoms with van der Waals surface area (Å²) in [5.41, 5.74) is 1.03. The van der Waals surface area contributed by atoms with Crippen LogP contribution < -0.4 is 16.0 Å². The maximum atomic E-state index is 12.4. The summed E-state index contributed by atoms with van der Waals surface area (Å²) in [4.78, 5) is 15.1. The van der Waals surface area contributed by atoms with Crippen LogP contribution in [0, 0.1) is 0 Å². The first-order valence-electron chi connectivity index (χ1n) is 8.43. The van der Waals surface area contributed by atoms with E-state index in [1.54, 1.807) is 18.3 Å². The highest BCUT2D eigenvalue weighted by Crippen LogP contribution is 2.33. The number of hydrogen-bond acceptors (Lipinski definition) is 5. The maximum absolute atomic E-state index is 12.4. The molecule has 1 saturated carbocycles. The average Bonchev–Trinajstić information content (AvgIpc) is 3.23. The van der Waals surface area contributed by atoms with Crippen molar-refractivity contribution in [2.24, 2.45) is 5.14 Å². The van der Waals surface area contributed by atoms with Crippen molar-refractivity contribution in [1.29, 1.82) is 0 Å². The molecule has 4 rings (SSSR count). The van der Waals surface area contributed by atoms with Crippen molar-refractivity contribution in [3.63, 3.8) is 0 Å². The lowest BCUT2D eigenvalue weighted by molar-refractivity contribution is 0.483. The van der Waals surface area contributed by atoms with Crippen LogP contribution in [0.1, 0.15) is 31.7 Å². The Balaban J connectivity index is 1.81. The number of aromatic amines is 1. The van der Waals surface area contributed by atoms with Crippen LogP contribution in [0.25, 0.3) is 10.9 Å². The summed E-state index contributed by atoms with van der Waals surface area (Å²) in [6.07, 6.45) is 5.97. The number of nitrogens with two attached hydrogens (primary N) is 1. The molecule has 2 heterocycles. The molecule has 0 aliphatic heterocycles. The Kier molecular flexibility index (Phi) is 4.04. The zero-order chi connectivity index (χ0) is 18.3.